The van der Waals surface area contributed by atoms with Crippen LogP contribution in [0.25, 0.3) is 0 Å². The molecule has 4 aromatic rings. The zero-order valence-electron chi connectivity index (χ0n) is 17.7. The number of benzene rings is 4. The normalized spacial score (nSPS) is 28.2. The quantitative estimate of drug-likeness (QED) is 0.491. The van der Waals surface area contributed by atoms with Crippen molar-refractivity contribution < 1.29 is 10.2 Å². The minimum Gasteiger partial charge on any atom is -0.395 e. The highest BCUT2D eigenvalue weighted by Crippen LogP contribution is 2.68. The number of aliphatic hydroxyl groups is 2. The van der Waals surface area contributed by atoms with Crippen molar-refractivity contribution in [2.24, 2.45) is 0 Å². The third kappa shape index (κ3) is 1.79. The second-order valence-corrected chi connectivity index (χ2v) is 9.43. The maximum absolute atomic E-state index is 11.4. The molecule has 156 valence electrons. The van der Waals surface area contributed by atoms with E-state index in [9.17, 15) is 10.2 Å². The van der Waals surface area contributed by atoms with Crippen LogP contribution in [-0.4, -0.2) is 23.4 Å². The average molecular weight is 417 g/mol. The van der Waals surface area contributed by atoms with Gasteiger partial charge in [-0.25, -0.2) is 0 Å². The molecule has 0 aromatic heterocycles. The molecule has 0 spiro atoms. The molecular weight excluding hydrogens is 392 g/mol. The maximum Gasteiger partial charge on any atom is 0.0598 e. The Bertz CT molecular complexity index is 1180. The third-order valence-electron chi connectivity index (χ3n) is 8.56. The minimum atomic E-state index is -0.789. The Morgan fingerprint density at radius 2 is 0.688 bits per heavy atom. The Morgan fingerprint density at radius 1 is 0.438 bits per heavy atom. The van der Waals surface area contributed by atoms with E-state index in [0.717, 1.165) is 22.3 Å². The van der Waals surface area contributed by atoms with Gasteiger partial charge in [0.1, 0.15) is 0 Å². The highest BCUT2D eigenvalue weighted by atomic mass is 16.3. The summed E-state index contributed by atoms with van der Waals surface area (Å²) < 4.78 is 0. The van der Waals surface area contributed by atoms with E-state index < -0.39 is 10.8 Å². The van der Waals surface area contributed by atoms with E-state index in [2.05, 4.69) is 97.1 Å². The lowest BCUT2D eigenvalue weighted by Crippen LogP contribution is -2.61. The fraction of sp³-hybridized carbons (Fsp3) is 0.200. The minimum absolute atomic E-state index is 0.0817. The highest BCUT2D eigenvalue weighted by molar-refractivity contribution is 5.73. The van der Waals surface area contributed by atoms with Gasteiger partial charge in [0.05, 0.1) is 24.0 Å². The number of rotatable bonds is 2. The van der Waals surface area contributed by atoms with E-state index in [0.29, 0.717) is 0 Å². The molecule has 0 aliphatic heterocycles. The molecule has 4 aromatic carbocycles. The van der Waals surface area contributed by atoms with Crippen molar-refractivity contribution in [1.29, 1.82) is 0 Å². The molecule has 0 saturated heterocycles. The van der Waals surface area contributed by atoms with Gasteiger partial charge in [-0.1, -0.05) is 97.1 Å². The van der Waals surface area contributed by atoms with E-state index >= 15 is 0 Å². The zero-order valence-corrected chi connectivity index (χ0v) is 17.7. The molecule has 0 unspecified atom stereocenters. The van der Waals surface area contributed by atoms with Gasteiger partial charge in [0.15, 0.2) is 0 Å². The molecule has 6 aliphatic rings. The average Bonchev–Trinajstić information content (AvgIpc) is 2.85. The van der Waals surface area contributed by atoms with Crippen molar-refractivity contribution in [2.75, 3.05) is 13.2 Å². The highest BCUT2D eigenvalue weighted by Gasteiger charge is 2.64. The topological polar surface area (TPSA) is 40.5 Å². The van der Waals surface area contributed by atoms with E-state index in [4.69, 9.17) is 0 Å². The fourth-order valence-corrected chi connectivity index (χ4v) is 7.50. The van der Waals surface area contributed by atoms with Crippen molar-refractivity contribution in [1.82, 2.24) is 0 Å². The predicted octanol–water partition coefficient (Wildman–Crippen LogP) is 4.85. The van der Waals surface area contributed by atoms with Crippen LogP contribution in [0.5, 0.6) is 0 Å². The molecule has 0 amide bonds. The van der Waals surface area contributed by atoms with E-state index in [1.165, 1.54) is 22.3 Å². The predicted molar refractivity (Wildman–Crippen MR) is 125 cm³/mol. The van der Waals surface area contributed by atoms with Crippen molar-refractivity contribution >= 4 is 0 Å². The van der Waals surface area contributed by atoms with E-state index in [-0.39, 0.29) is 25.0 Å². The van der Waals surface area contributed by atoms with Crippen molar-refractivity contribution in [3.63, 3.8) is 0 Å². The molecule has 2 N–H and O–H groups in total. The molecule has 0 atom stereocenters. The summed E-state index contributed by atoms with van der Waals surface area (Å²) >= 11 is 0. The van der Waals surface area contributed by atoms with Crippen LogP contribution in [0.1, 0.15) is 56.3 Å². The van der Waals surface area contributed by atoms with Gasteiger partial charge in [0.25, 0.3) is 0 Å². The number of aliphatic hydroxyl groups excluding tert-OH is 2. The van der Waals surface area contributed by atoms with Gasteiger partial charge in [0.2, 0.25) is 0 Å². The van der Waals surface area contributed by atoms with Gasteiger partial charge in [-0.05, 0) is 44.5 Å². The lowest BCUT2D eigenvalue weighted by atomic mass is 9.41. The first kappa shape index (κ1) is 18.4. The van der Waals surface area contributed by atoms with Gasteiger partial charge >= 0.3 is 0 Å². The number of hydrogen-bond acceptors (Lipinski definition) is 2. The van der Waals surface area contributed by atoms with Gasteiger partial charge in [-0.2, -0.15) is 0 Å². The molecule has 32 heavy (non-hydrogen) atoms. The Labute approximate surface area is 187 Å². The Balaban J connectivity index is 1.80. The molecule has 2 heteroatoms. The van der Waals surface area contributed by atoms with Gasteiger partial charge in [0, 0.05) is 11.8 Å². The smallest absolute Gasteiger partial charge is 0.0598 e. The van der Waals surface area contributed by atoms with Crippen molar-refractivity contribution in [3.05, 3.63) is 142 Å². The van der Waals surface area contributed by atoms with Crippen LogP contribution in [0.15, 0.2) is 97.1 Å². The Morgan fingerprint density at radius 3 is 0.938 bits per heavy atom. The van der Waals surface area contributed by atoms with Crippen molar-refractivity contribution in [2.45, 2.75) is 22.7 Å². The summed E-state index contributed by atoms with van der Waals surface area (Å²) in [6.07, 6.45) is 0. The van der Waals surface area contributed by atoms with Gasteiger partial charge in [-0.3, -0.25) is 0 Å². The van der Waals surface area contributed by atoms with Crippen LogP contribution in [0.4, 0.5) is 0 Å². The lowest BCUT2D eigenvalue weighted by Gasteiger charge is -2.61. The molecule has 2 nitrogen and oxygen atoms in total. The second kappa shape index (κ2) is 6.19. The van der Waals surface area contributed by atoms with Crippen LogP contribution in [0.2, 0.25) is 0 Å². The summed E-state index contributed by atoms with van der Waals surface area (Å²) in [5, 5.41) is 22.9. The lowest BCUT2D eigenvalue weighted by molar-refractivity contribution is 0.0949. The largest absolute Gasteiger partial charge is 0.395 e. The monoisotopic (exact) mass is 416 g/mol. The zero-order chi connectivity index (χ0) is 21.5. The molecule has 0 heterocycles. The Hall–Kier alpha value is -3.20. The van der Waals surface area contributed by atoms with Gasteiger partial charge < -0.3 is 10.2 Å². The van der Waals surface area contributed by atoms with Crippen LogP contribution >= 0.6 is 0 Å². The third-order valence-corrected chi connectivity index (χ3v) is 8.56. The van der Waals surface area contributed by atoms with Crippen LogP contribution < -0.4 is 0 Å². The molecule has 0 fully saturated rings. The fourth-order valence-electron chi connectivity index (χ4n) is 7.50. The summed E-state index contributed by atoms with van der Waals surface area (Å²) in [4.78, 5) is 0. The first-order valence-corrected chi connectivity index (χ1v) is 11.4. The summed E-state index contributed by atoms with van der Waals surface area (Å²) in [6, 6.07) is 34.4. The molecule has 0 saturated carbocycles. The summed E-state index contributed by atoms with van der Waals surface area (Å²) in [6.45, 7) is -0.163. The maximum atomic E-state index is 11.4. The first-order valence-electron chi connectivity index (χ1n) is 11.4. The summed E-state index contributed by atoms with van der Waals surface area (Å²) in [7, 11) is 0. The summed E-state index contributed by atoms with van der Waals surface area (Å²) in [5.74, 6) is 0.308. The Kier molecular flexibility index (Phi) is 3.55. The van der Waals surface area contributed by atoms with Gasteiger partial charge in [-0.15, -0.1) is 0 Å². The molecular formula is C30H24O2. The molecule has 0 radical (unpaired) electrons. The van der Waals surface area contributed by atoms with Crippen LogP contribution in [0.3, 0.4) is 0 Å². The van der Waals surface area contributed by atoms with E-state index in [1.54, 1.807) is 0 Å². The second-order valence-electron chi connectivity index (χ2n) is 9.43. The van der Waals surface area contributed by atoms with E-state index in [1.807, 2.05) is 0 Å². The van der Waals surface area contributed by atoms with Crippen LogP contribution in [0, 0.1) is 0 Å². The first-order chi connectivity index (χ1) is 15.8. The standard InChI is InChI=1S/C30H24O2/c31-17-29-23-13-5-1-9-19(23)27(20-10-2-6-14-24(20)29)28-21-11-3-7-15-25(21)30(29,18-32)26-16-8-4-12-22(26)28/h1-16,27-28,31-32H,17-18H2. The van der Waals surface area contributed by atoms with Crippen molar-refractivity contribution in [3.8, 4) is 0 Å². The summed E-state index contributed by atoms with van der Waals surface area (Å²) in [5.41, 5.74) is 8.09. The molecule has 10 rings (SSSR count). The molecule has 4 bridgehead atoms. The number of hydrogen-bond donors (Lipinski definition) is 2. The van der Waals surface area contributed by atoms with Crippen LogP contribution in [-0.2, 0) is 10.8 Å². The SMILES string of the molecule is OCC12c3ccccc3C(c3ccccc31)C1c3ccccc3C2(CO)c2ccccc21. The molecule has 6 aliphatic carbocycles.